The van der Waals surface area contributed by atoms with Crippen LogP contribution in [-0.2, 0) is 16.1 Å². The van der Waals surface area contributed by atoms with Crippen LogP contribution in [-0.4, -0.2) is 45.6 Å². The Hall–Kier alpha value is -2.42. The van der Waals surface area contributed by atoms with Gasteiger partial charge in [-0.05, 0) is 32.2 Å². The fraction of sp³-hybridized carbons (Fsp3) is 0.467. The number of thiophene rings is 1. The number of hydrogen-bond donors (Lipinski definition) is 1. The van der Waals surface area contributed by atoms with Gasteiger partial charge in [0.25, 0.3) is 0 Å². The quantitative estimate of drug-likeness (QED) is 0.864. The number of nitrogens with one attached hydrogen (secondary N) is 1. The molecule has 2 rings (SSSR count). The van der Waals surface area contributed by atoms with Crippen molar-refractivity contribution in [3.8, 4) is 10.7 Å². The van der Waals surface area contributed by atoms with E-state index in [1.165, 1.54) is 23.3 Å². The third-order valence-electron chi connectivity index (χ3n) is 3.04. The second-order valence-corrected chi connectivity index (χ2v) is 7.33. The monoisotopic (exact) mass is 352 g/mol. The zero-order valence-corrected chi connectivity index (χ0v) is 14.8. The molecule has 0 fully saturated rings. The Morgan fingerprint density at radius 3 is 2.71 bits per heavy atom. The van der Waals surface area contributed by atoms with Gasteiger partial charge >= 0.3 is 5.76 Å². The predicted molar refractivity (Wildman–Crippen MR) is 89.6 cm³/mol. The summed E-state index contributed by atoms with van der Waals surface area (Å²) in [5.74, 6) is -1.06. The van der Waals surface area contributed by atoms with Gasteiger partial charge in [-0.2, -0.15) is 0 Å². The second kappa shape index (κ2) is 7.00. The summed E-state index contributed by atoms with van der Waals surface area (Å²) < 4.78 is 5.82. The van der Waals surface area contributed by atoms with Crippen LogP contribution in [0.2, 0.25) is 0 Å². The van der Waals surface area contributed by atoms with Crippen molar-refractivity contribution in [2.75, 3.05) is 13.6 Å². The summed E-state index contributed by atoms with van der Waals surface area (Å²) >= 11 is 1.38. The summed E-state index contributed by atoms with van der Waals surface area (Å²) in [6.07, 6.45) is 0. The lowest BCUT2D eigenvalue weighted by molar-refractivity contribution is -0.135. The molecule has 130 valence electrons. The van der Waals surface area contributed by atoms with Gasteiger partial charge in [0.1, 0.15) is 6.54 Å². The minimum absolute atomic E-state index is 0.0928. The van der Waals surface area contributed by atoms with Crippen LogP contribution in [0.25, 0.3) is 10.7 Å². The number of aromatic nitrogens is 2. The van der Waals surface area contributed by atoms with Gasteiger partial charge < -0.3 is 10.2 Å². The molecule has 0 spiro atoms. The highest BCUT2D eigenvalue weighted by molar-refractivity contribution is 7.13. The Morgan fingerprint density at radius 2 is 2.12 bits per heavy atom. The minimum atomic E-state index is -0.709. The van der Waals surface area contributed by atoms with Crippen molar-refractivity contribution in [3.05, 3.63) is 28.1 Å². The van der Waals surface area contributed by atoms with Gasteiger partial charge in [-0.25, -0.2) is 9.36 Å². The van der Waals surface area contributed by atoms with Gasteiger partial charge in [0.15, 0.2) is 5.82 Å². The molecule has 0 atom stereocenters. The van der Waals surface area contributed by atoms with Gasteiger partial charge in [0, 0.05) is 12.6 Å². The fourth-order valence-corrected chi connectivity index (χ4v) is 2.72. The van der Waals surface area contributed by atoms with E-state index in [0.29, 0.717) is 5.82 Å². The Kier molecular flexibility index (Phi) is 5.23. The molecule has 0 aromatic carbocycles. The van der Waals surface area contributed by atoms with Gasteiger partial charge in [-0.15, -0.1) is 11.3 Å². The highest BCUT2D eigenvalue weighted by atomic mass is 32.1. The molecule has 0 unspecified atom stereocenters. The zero-order valence-electron chi connectivity index (χ0n) is 14.0. The number of carbonyl (C=O) groups excluding carboxylic acids is 2. The third kappa shape index (κ3) is 4.54. The molecule has 0 aliphatic heterocycles. The fourth-order valence-electron chi connectivity index (χ4n) is 2.01. The van der Waals surface area contributed by atoms with Crippen molar-refractivity contribution in [2.45, 2.75) is 32.9 Å². The number of rotatable bonds is 5. The summed E-state index contributed by atoms with van der Waals surface area (Å²) in [5, 5.41) is 8.33. The molecule has 0 radical (unpaired) electrons. The first kappa shape index (κ1) is 17.9. The first-order valence-electron chi connectivity index (χ1n) is 7.33. The van der Waals surface area contributed by atoms with E-state index in [2.05, 4.69) is 15.0 Å². The molecule has 2 heterocycles. The van der Waals surface area contributed by atoms with Crippen LogP contribution in [0.4, 0.5) is 0 Å². The minimum Gasteiger partial charge on any atom is -0.350 e. The second-order valence-electron chi connectivity index (χ2n) is 6.38. The normalized spacial score (nSPS) is 11.3. The van der Waals surface area contributed by atoms with Crippen LogP contribution in [0.1, 0.15) is 20.8 Å². The lowest BCUT2D eigenvalue weighted by Gasteiger charge is -2.23. The maximum Gasteiger partial charge on any atom is 0.442 e. The van der Waals surface area contributed by atoms with Gasteiger partial charge in [0.05, 0.1) is 11.4 Å². The van der Waals surface area contributed by atoms with E-state index in [0.717, 1.165) is 9.44 Å². The molecule has 0 aliphatic rings. The number of amides is 2. The maximum absolute atomic E-state index is 12.3. The summed E-state index contributed by atoms with van der Waals surface area (Å²) in [7, 11) is 1.51. The molecule has 1 N–H and O–H groups in total. The van der Waals surface area contributed by atoms with Gasteiger partial charge in [0.2, 0.25) is 11.8 Å². The molecule has 2 aromatic rings. The molecule has 0 saturated carbocycles. The molecule has 0 saturated heterocycles. The number of likely N-dealkylation sites (N-methyl/N-ethyl adjacent to an activating group) is 1. The molecular weight excluding hydrogens is 332 g/mol. The molecule has 9 heteroatoms. The smallest absolute Gasteiger partial charge is 0.350 e. The van der Waals surface area contributed by atoms with E-state index >= 15 is 0 Å². The average Bonchev–Trinajstić information content (AvgIpc) is 3.07. The highest BCUT2D eigenvalue weighted by Gasteiger charge is 2.21. The Bertz CT molecular complexity index is 770. The van der Waals surface area contributed by atoms with Crippen LogP contribution in [0.5, 0.6) is 0 Å². The van der Waals surface area contributed by atoms with E-state index < -0.39 is 5.76 Å². The molecule has 0 bridgehead atoms. The van der Waals surface area contributed by atoms with Crippen molar-refractivity contribution in [1.82, 2.24) is 19.9 Å². The Balaban J connectivity index is 2.06. The van der Waals surface area contributed by atoms with Crippen LogP contribution >= 0.6 is 11.3 Å². The lowest BCUT2D eigenvalue weighted by Crippen LogP contribution is -2.47. The van der Waals surface area contributed by atoms with Crippen molar-refractivity contribution in [3.63, 3.8) is 0 Å². The first-order valence-corrected chi connectivity index (χ1v) is 8.21. The zero-order chi connectivity index (χ0) is 17.9. The lowest BCUT2D eigenvalue weighted by atomic mass is 10.1. The Labute approximate surface area is 143 Å². The van der Waals surface area contributed by atoms with Crippen molar-refractivity contribution < 1.29 is 14.1 Å². The highest BCUT2D eigenvalue weighted by Crippen LogP contribution is 2.21. The molecule has 8 nitrogen and oxygen atoms in total. The number of nitrogens with zero attached hydrogens (tertiary/aromatic N) is 3. The summed E-state index contributed by atoms with van der Waals surface area (Å²) in [6.45, 7) is 5.24. The Morgan fingerprint density at radius 1 is 1.42 bits per heavy atom. The largest absolute Gasteiger partial charge is 0.442 e. The standard InChI is InChI=1S/C15H20N4O4S/c1-15(2,3)16-11(20)8-18(4)12(21)9-19-13(17-23-14(19)22)10-6-5-7-24-10/h5-7H,8-9H2,1-4H3,(H,16,20). The molecule has 2 aromatic heterocycles. The van der Waals surface area contributed by atoms with Crippen molar-refractivity contribution in [2.24, 2.45) is 0 Å². The van der Waals surface area contributed by atoms with Crippen LogP contribution in [0.15, 0.2) is 26.8 Å². The van der Waals surface area contributed by atoms with Gasteiger partial charge in [-0.1, -0.05) is 11.2 Å². The summed E-state index contributed by atoms with van der Waals surface area (Å²) in [4.78, 5) is 38.0. The predicted octanol–water partition coefficient (Wildman–Crippen LogP) is 0.938. The van der Waals surface area contributed by atoms with Crippen molar-refractivity contribution >= 4 is 23.2 Å². The molecule has 2 amide bonds. The first-order chi connectivity index (χ1) is 11.2. The average molecular weight is 352 g/mol. The van der Waals surface area contributed by atoms with E-state index in [-0.39, 0.29) is 30.4 Å². The van der Waals surface area contributed by atoms with Crippen LogP contribution in [0.3, 0.4) is 0 Å². The third-order valence-corrected chi connectivity index (χ3v) is 3.91. The van der Waals surface area contributed by atoms with E-state index in [1.54, 1.807) is 6.07 Å². The summed E-state index contributed by atoms with van der Waals surface area (Å²) in [5.41, 5.74) is -0.376. The maximum atomic E-state index is 12.3. The number of carbonyl (C=O) groups is 2. The van der Waals surface area contributed by atoms with Gasteiger partial charge in [-0.3, -0.25) is 14.1 Å². The molecule has 0 aliphatic carbocycles. The van der Waals surface area contributed by atoms with E-state index in [4.69, 9.17) is 0 Å². The number of hydrogen-bond acceptors (Lipinski definition) is 6. The van der Waals surface area contributed by atoms with E-state index in [9.17, 15) is 14.4 Å². The molecular formula is C15H20N4O4S. The van der Waals surface area contributed by atoms with Crippen molar-refractivity contribution in [1.29, 1.82) is 0 Å². The van der Waals surface area contributed by atoms with E-state index in [1.807, 2.05) is 32.2 Å². The molecule has 24 heavy (non-hydrogen) atoms. The SMILES string of the molecule is CN(CC(=O)NC(C)(C)C)C(=O)Cn1c(-c2cccs2)noc1=O. The summed E-state index contributed by atoms with van der Waals surface area (Å²) in [6, 6.07) is 3.59. The van der Waals surface area contributed by atoms with Crippen LogP contribution in [0, 0.1) is 0 Å². The topological polar surface area (TPSA) is 97.4 Å². The van der Waals surface area contributed by atoms with Crippen LogP contribution < -0.4 is 11.1 Å².